The zero-order valence-electron chi connectivity index (χ0n) is 10.1. The van der Waals surface area contributed by atoms with E-state index in [1.54, 1.807) is 7.11 Å². The Kier molecular flexibility index (Phi) is 7.49. The van der Waals surface area contributed by atoms with Crippen molar-refractivity contribution in [2.45, 2.75) is 38.1 Å². The van der Waals surface area contributed by atoms with Crippen molar-refractivity contribution in [3.05, 3.63) is 0 Å². The van der Waals surface area contributed by atoms with Gasteiger partial charge in [0.1, 0.15) is 0 Å². The van der Waals surface area contributed by atoms with Crippen LogP contribution in [0.25, 0.3) is 0 Å². The third-order valence-corrected chi connectivity index (χ3v) is 4.45. The molecule has 0 heterocycles. The van der Waals surface area contributed by atoms with Gasteiger partial charge in [-0.1, -0.05) is 12.8 Å². The highest BCUT2D eigenvalue weighted by Gasteiger charge is 2.23. The number of hydrogen-bond acceptors (Lipinski definition) is 3. The average Bonchev–Trinajstić information content (AvgIpc) is 2.77. The van der Waals surface area contributed by atoms with Gasteiger partial charge < -0.3 is 10.1 Å². The highest BCUT2D eigenvalue weighted by molar-refractivity contribution is 7.99. The summed E-state index contributed by atoms with van der Waals surface area (Å²) in [7, 11) is 3.89. The van der Waals surface area contributed by atoms with Gasteiger partial charge in [-0.25, -0.2) is 0 Å². The molecule has 1 atom stereocenters. The first kappa shape index (κ1) is 13.3. The van der Waals surface area contributed by atoms with Crippen molar-refractivity contribution in [3.63, 3.8) is 0 Å². The normalized spacial score (nSPS) is 19.6. The maximum atomic E-state index is 5.05. The van der Waals surface area contributed by atoms with Crippen LogP contribution in [0, 0.1) is 5.92 Å². The molecule has 0 aromatic carbocycles. The Morgan fingerprint density at radius 1 is 1.40 bits per heavy atom. The second-order valence-corrected chi connectivity index (χ2v) is 5.51. The van der Waals surface area contributed by atoms with E-state index in [0.29, 0.717) is 0 Å². The van der Waals surface area contributed by atoms with Crippen molar-refractivity contribution < 1.29 is 4.74 Å². The Bertz CT molecular complexity index is 149. The number of nitrogens with one attached hydrogen (secondary N) is 1. The summed E-state index contributed by atoms with van der Waals surface area (Å²) >= 11 is 2.07. The molecule has 2 nitrogen and oxygen atoms in total. The molecule has 0 aromatic rings. The van der Waals surface area contributed by atoms with Crippen LogP contribution in [-0.2, 0) is 4.74 Å². The molecule has 1 unspecified atom stereocenters. The zero-order chi connectivity index (χ0) is 10.9. The van der Waals surface area contributed by atoms with Crippen molar-refractivity contribution in [2.75, 3.05) is 32.3 Å². The first-order valence-electron chi connectivity index (χ1n) is 6.12. The summed E-state index contributed by atoms with van der Waals surface area (Å²) in [6, 6.07) is 0.736. The second kappa shape index (κ2) is 8.43. The van der Waals surface area contributed by atoms with Gasteiger partial charge in [-0.15, -0.1) is 0 Å². The third kappa shape index (κ3) is 5.23. The molecule has 1 rings (SSSR count). The van der Waals surface area contributed by atoms with Crippen LogP contribution in [0.3, 0.4) is 0 Å². The van der Waals surface area contributed by atoms with Crippen LogP contribution in [-0.4, -0.2) is 38.3 Å². The van der Waals surface area contributed by atoms with Gasteiger partial charge in [0, 0.05) is 25.5 Å². The third-order valence-electron chi connectivity index (χ3n) is 3.27. The van der Waals surface area contributed by atoms with E-state index in [-0.39, 0.29) is 0 Å². The highest BCUT2D eigenvalue weighted by atomic mass is 32.2. The van der Waals surface area contributed by atoms with E-state index in [1.165, 1.54) is 43.6 Å². The quantitative estimate of drug-likeness (QED) is 0.649. The molecule has 3 heteroatoms. The second-order valence-electron chi connectivity index (χ2n) is 4.36. The van der Waals surface area contributed by atoms with E-state index in [1.807, 2.05) is 0 Å². The molecule has 0 bridgehead atoms. The lowest BCUT2D eigenvalue weighted by atomic mass is 10.0. The summed E-state index contributed by atoms with van der Waals surface area (Å²) < 4.78 is 5.05. The fourth-order valence-corrected chi connectivity index (χ4v) is 3.51. The largest absolute Gasteiger partial charge is 0.385 e. The molecular weight excluding hydrogens is 206 g/mol. The van der Waals surface area contributed by atoms with Crippen molar-refractivity contribution in [2.24, 2.45) is 5.92 Å². The summed E-state index contributed by atoms with van der Waals surface area (Å²) in [5.74, 6) is 3.44. The molecule has 0 amide bonds. The van der Waals surface area contributed by atoms with Gasteiger partial charge in [0.2, 0.25) is 0 Å². The van der Waals surface area contributed by atoms with Crippen LogP contribution in [0.1, 0.15) is 32.1 Å². The van der Waals surface area contributed by atoms with E-state index in [0.717, 1.165) is 18.6 Å². The molecule has 0 radical (unpaired) electrons. The lowest BCUT2D eigenvalue weighted by Gasteiger charge is -2.22. The molecule has 0 aromatic heterocycles. The number of rotatable bonds is 8. The topological polar surface area (TPSA) is 21.3 Å². The fraction of sp³-hybridized carbons (Fsp3) is 1.00. The number of thioether (sulfide) groups is 1. The predicted molar refractivity (Wildman–Crippen MR) is 68.6 cm³/mol. The van der Waals surface area contributed by atoms with Crippen molar-refractivity contribution >= 4 is 11.8 Å². The Labute approximate surface area is 98.5 Å². The number of ether oxygens (including phenoxy) is 1. The van der Waals surface area contributed by atoms with Gasteiger partial charge >= 0.3 is 0 Å². The fourth-order valence-electron chi connectivity index (χ4n) is 2.33. The van der Waals surface area contributed by atoms with Crippen LogP contribution in [0.5, 0.6) is 0 Å². The van der Waals surface area contributed by atoms with E-state index in [2.05, 4.69) is 24.1 Å². The lowest BCUT2D eigenvalue weighted by Crippen LogP contribution is -2.34. The predicted octanol–water partition coefficient (Wildman–Crippen LogP) is 2.53. The van der Waals surface area contributed by atoms with Gasteiger partial charge in [-0.05, 0) is 38.0 Å². The maximum Gasteiger partial charge on any atom is 0.0470 e. The molecule has 1 aliphatic rings. The summed E-state index contributed by atoms with van der Waals surface area (Å²) in [6.07, 6.45) is 6.94. The standard InChI is InChI=1S/C12H25NOS/c1-13-12(11-6-3-4-7-11)10-15-9-5-8-14-2/h11-13H,3-10H2,1-2H3. The minimum Gasteiger partial charge on any atom is -0.385 e. The molecule has 15 heavy (non-hydrogen) atoms. The smallest absolute Gasteiger partial charge is 0.0470 e. The van der Waals surface area contributed by atoms with Crippen molar-refractivity contribution in [1.29, 1.82) is 0 Å². The highest BCUT2D eigenvalue weighted by Crippen LogP contribution is 2.29. The van der Waals surface area contributed by atoms with Gasteiger partial charge in [-0.2, -0.15) is 11.8 Å². The Balaban J connectivity index is 2.05. The van der Waals surface area contributed by atoms with Gasteiger partial charge in [0.05, 0.1) is 0 Å². The minimum absolute atomic E-state index is 0.736. The first-order chi connectivity index (χ1) is 7.38. The summed E-state index contributed by atoms with van der Waals surface area (Å²) in [5, 5.41) is 3.48. The molecule has 0 aliphatic heterocycles. The maximum absolute atomic E-state index is 5.05. The molecule has 1 fully saturated rings. The molecule has 90 valence electrons. The monoisotopic (exact) mass is 231 g/mol. The van der Waals surface area contributed by atoms with E-state index < -0.39 is 0 Å². The molecule has 0 saturated heterocycles. The molecule has 1 aliphatic carbocycles. The average molecular weight is 231 g/mol. The minimum atomic E-state index is 0.736. The van der Waals surface area contributed by atoms with Gasteiger partial charge in [-0.3, -0.25) is 0 Å². The van der Waals surface area contributed by atoms with Crippen molar-refractivity contribution in [1.82, 2.24) is 5.32 Å². The van der Waals surface area contributed by atoms with Gasteiger partial charge in [0.15, 0.2) is 0 Å². The first-order valence-corrected chi connectivity index (χ1v) is 7.28. The van der Waals surface area contributed by atoms with Crippen molar-refractivity contribution in [3.8, 4) is 0 Å². The van der Waals surface area contributed by atoms with E-state index in [4.69, 9.17) is 4.74 Å². The Morgan fingerprint density at radius 2 is 2.13 bits per heavy atom. The number of hydrogen-bond donors (Lipinski definition) is 1. The number of methoxy groups -OCH3 is 1. The van der Waals surface area contributed by atoms with E-state index >= 15 is 0 Å². The molecule has 1 saturated carbocycles. The van der Waals surface area contributed by atoms with Gasteiger partial charge in [0.25, 0.3) is 0 Å². The van der Waals surface area contributed by atoms with E-state index in [9.17, 15) is 0 Å². The van der Waals surface area contributed by atoms with Crippen LogP contribution in [0.4, 0.5) is 0 Å². The summed E-state index contributed by atoms with van der Waals surface area (Å²) in [6.45, 7) is 0.903. The molecule has 1 N–H and O–H groups in total. The van der Waals surface area contributed by atoms with Crippen LogP contribution in [0.15, 0.2) is 0 Å². The molecule has 0 spiro atoms. The zero-order valence-corrected chi connectivity index (χ0v) is 10.9. The Morgan fingerprint density at radius 3 is 2.73 bits per heavy atom. The Hall–Kier alpha value is 0.270. The summed E-state index contributed by atoms with van der Waals surface area (Å²) in [5.41, 5.74) is 0. The lowest BCUT2D eigenvalue weighted by molar-refractivity contribution is 0.200. The van der Waals surface area contributed by atoms with Crippen LogP contribution in [0.2, 0.25) is 0 Å². The van der Waals surface area contributed by atoms with Crippen LogP contribution >= 0.6 is 11.8 Å². The molecular formula is C12H25NOS. The SMILES string of the molecule is CNC(CSCCCOC)C1CCCC1. The summed E-state index contributed by atoms with van der Waals surface area (Å²) in [4.78, 5) is 0. The van der Waals surface area contributed by atoms with Crippen LogP contribution < -0.4 is 5.32 Å².